The van der Waals surface area contributed by atoms with Crippen molar-refractivity contribution in [1.29, 1.82) is 0 Å². The molecule has 0 saturated heterocycles. The number of carbonyl (C=O) groups excluding carboxylic acids is 1. The Morgan fingerprint density at radius 1 is 1.00 bits per heavy atom. The summed E-state index contributed by atoms with van der Waals surface area (Å²) in [4.78, 5) is 16.7. The lowest BCUT2D eigenvalue weighted by Gasteiger charge is -2.14. The molecule has 9 nitrogen and oxygen atoms in total. The van der Waals surface area contributed by atoms with Gasteiger partial charge in [-0.15, -0.1) is 0 Å². The zero-order valence-electron chi connectivity index (χ0n) is 18.6. The molecule has 0 radical (unpaired) electrons. The van der Waals surface area contributed by atoms with Crippen LogP contribution in [0, 0.1) is 0 Å². The first-order valence-corrected chi connectivity index (χ1v) is 10.2. The highest BCUT2D eigenvalue weighted by Gasteiger charge is 2.14. The number of rotatable bonds is 11. The third-order valence-electron chi connectivity index (χ3n) is 4.72. The molecule has 9 heteroatoms. The second kappa shape index (κ2) is 11.0. The first-order valence-electron chi connectivity index (χ1n) is 10.2. The van der Waals surface area contributed by atoms with Crippen molar-refractivity contribution < 1.29 is 28.3 Å². The standard InChI is InChI=1S/C23H27N3O6/c1-5-31-17-8-6-15(7-9-17)23-25-22(32-26-23)11-10-21(27)24-14-16-12-19(29-3)20(30-4)13-18(16)28-2/h6-9,12-13H,5,10-11,14H2,1-4H3,(H,24,27). The highest BCUT2D eigenvalue weighted by molar-refractivity contribution is 5.76. The lowest BCUT2D eigenvalue weighted by molar-refractivity contribution is -0.121. The van der Waals surface area contributed by atoms with E-state index in [9.17, 15) is 4.79 Å². The second-order valence-corrected chi connectivity index (χ2v) is 6.76. The number of methoxy groups -OCH3 is 3. The summed E-state index contributed by atoms with van der Waals surface area (Å²) in [6, 6.07) is 10.9. The minimum atomic E-state index is -0.150. The molecule has 1 N–H and O–H groups in total. The van der Waals surface area contributed by atoms with Gasteiger partial charge in [0.2, 0.25) is 17.6 Å². The van der Waals surface area contributed by atoms with Gasteiger partial charge in [0, 0.05) is 36.6 Å². The Morgan fingerprint density at radius 2 is 1.69 bits per heavy atom. The van der Waals surface area contributed by atoms with Crippen LogP contribution in [0.2, 0.25) is 0 Å². The van der Waals surface area contributed by atoms with Crippen LogP contribution >= 0.6 is 0 Å². The SMILES string of the molecule is CCOc1ccc(-c2noc(CCC(=O)NCc3cc(OC)c(OC)cc3OC)n2)cc1. The molecule has 0 aliphatic carbocycles. The van der Waals surface area contributed by atoms with Crippen molar-refractivity contribution >= 4 is 5.91 Å². The van der Waals surface area contributed by atoms with Crippen molar-refractivity contribution in [2.45, 2.75) is 26.3 Å². The number of aromatic nitrogens is 2. The van der Waals surface area contributed by atoms with Gasteiger partial charge in [0.1, 0.15) is 11.5 Å². The average Bonchev–Trinajstić information content (AvgIpc) is 3.30. The minimum Gasteiger partial charge on any atom is -0.496 e. The minimum absolute atomic E-state index is 0.150. The summed E-state index contributed by atoms with van der Waals surface area (Å²) < 4.78 is 26.7. The highest BCUT2D eigenvalue weighted by Crippen LogP contribution is 2.34. The van der Waals surface area contributed by atoms with Crippen LogP contribution in [-0.2, 0) is 17.8 Å². The molecule has 0 aliphatic heterocycles. The van der Waals surface area contributed by atoms with Crippen LogP contribution in [0.15, 0.2) is 40.9 Å². The monoisotopic (exact) mass is 441 g/mol. The van der Waals surface area contributed by atoms with Crippen LogP contribution in [0.5, 0.6) is 23.0 Å². The molecule has 3 rings (SSSR count). The third kappa shape index (κ3) is 5.69. The summed E-state index contributed by atoms with van der Waals surface area (Å²) in [6.07, 6.45) is 0.541. The number of aryl methyl sites for hydroxylation is 1. The van der Waals surface area contributed by atoms with Gasteiger partial charge < -0.3 is 28.8 Å². The summed E-state index contributed by atoms with van der Waals surface area (Å²) >= 11 is 0. The zero-order chi connectivity index (χ0) is 22.9. The molecule has 1 heterocycles. The van der Waals surface area contributed by atoms with E-state index in [1.54, 1.807) is 33.5 Å². The fraction of sp³-hybridized carbons (Fsp3) is 0.348. The van der Waals surface area contributed by atoms with E-state index in [2.05, 4.69) is 15.5 Å². The average molecular weight is 441 g/mol. The van der Waals surface area contributed by atoms with E-state index in [1.807, 2.05) is 31.2 Å². The summed E-state index contributed by atoms with van der Waals surface area (Å²) in [5, 5.41) is 6.86. The maximum Gasteiger partial charge on any atom is 0.227 e. The van der Waals surface area contributed by atoms with Gasteiger partial charge in [-0.3, -0.25) is 4.79 Å². The Bertz CT molecular complexity index is 1030. The molecule has 3 aromatic rings. The molecule has 32 heavy (non-hydrogen) atoms. The predicted octanol–water partition coefficient (Wildman–Crippen LogP) is 3.41. The molecule has 170 valence electrons. The van der Waals surface area contributed by atoms with E-state index < -0.39 is 0 Å². The molecule has 0 aliphatic rings. The summed E-state index contributed by atoms with van der Waals surface area (Å²) in [5.41, 5.74) is 1.59. The molecule has 1 amide bonds. The van der Waals surface area contributed by atoms with Crippen LogP contribution in [-0.4, -0.2) is 44.0 Å². The lowest BCUT2D eigenvalue weighted by Crippen LogP contribution is -2.23. The number of amides is 1. The molecule has 2 aromatic carbocycles. The van der Waals surface area contributed by atoms with E-state index in [-0.39, 0.29) is 18.9 Å². The molecule has 0 bridgehead atoms. The third-order valence-corrected chi connectivity index (χ3v) is 4.72. The quantitative estimate of drug-likeness (QED) is 0.483. The molecule has 0 atom stereocenters. The maximum absolute atomic E-state index is 12.3. The first kappa shape index (κ1) is 22.9. The Kier molecular flexibility index (Phi) is 7.91. The molecule has 1 aromatic heterocycles. The molecular formula is C23H27N3O6. The lowest BCUT2D eigenvalue weighted by atomic mass is 10.1. The van der Waals surface area contributed by atoms with Gasteiger partial charge in [0.05, 0.1) is 27.9 Å². The van der Waals surface area contributed by atoms with E-state index in [1.165, 1.54) is 0 Å². The van der Waals surface area contributed by atoms with Crippen LogP contribution < -0.4 is 24.3 Å². The summed E-state index contributed by atoms with van der Waals surface area (Å²) in [7, 11) is 4.67. The van der Waals surface area contributed by atoms with E-state index in [0.29, 0.717) is 42.0 Å². The summed E-state index contributed by atoms with van der Waals surface area (Å²) in [5.74, 6) is 3.21. The van der Waals surface area contributed by atoms with Gasteiger partial charge in [-0.05, 0) is 37.3 Å². The zero-order valence-corrected chi connectivity index (χ0v) is 18.6. The van der Waals surface area contributed by atoms with Gasteiger partial charge in [-0.25, -0.2) is 0 Å². The topological polar surface area (TPSA) is 105 Å². The number of hydrogen-bond acceptors (Lipinski definition) is 8. The fourth-order valence-electron chi connectivity index (χ4n) is 3.07. The number of nitrogens with zero attached hydrogens (tertiary/aromatic N) is 2. The van der Waals surface area contributed by atoms with Gasteiger partial charge in [-0.2, -0.15) is 4.98 Å². The fourth-order valence-corrected chi connectivity index (χ4v) is 3.07. The first-order chi connectivity index (χ1) is 15.6. The number of carbonyl (C=O) groups is 1. The highest BCUT2D eigenvalue weighted by atomic mass is 16.5. The Morgan fingerprint density at radius 3 is 2.34 bits per heavy atom. The Hall–Kier alpha value is -3.75. The van der Waals surface area contributed by atoms with Crippen LogP contribution in [0.3, 0.4) is 0 Å². The predicted molar refractivity (Wildman–Crippen MR) is 117 cm³/mol. The van der Waals surface area contributed by atoms with Crippen molar-refractivity contribution in [2.24, 2.45) is 0 Å². The van der Waals surface area contributed by atoms with Crippen molar-refractivity contribution in [2.75, 3.05) is 27.9 Å². The van der Waals surface area contributed by atoms with Crippen molar-refractivity contribution in [1.82, 2.24) is 15.5 Å². The maximum atomic E-state index is 12.3. The number of nitrogens with one attached hydrogen (secondary N) is 1. The summed E-state index contributed by atoms with van der Waals surface area (Å²) in [6.45, 7) is 2.82. The number of benzene rings is 2. The molecule has 0 spiro atoms. The molecule has 0 fully saturated rings. The van der Waals surface area contributed by atoms with Crippen LogP contribution in [0.4, 0.5) is 0 Å². The van der Waals surface area contributed by atoms with Gasteiger partial charge in [0.25, 0.3) is 0 Å². The Labute approximate surface area is 186 Å². The molecule has 0 unspecified atom stereocenters. The van der Waals surface area contributed by atoms with Gasteiger partial charge in [-0.1, -0.05) is 5.16 Å². The van der Waals surface area contributed by atoms with Crippen molar-refractivity contribution in [3.8, 4) is 34.4 Å². The molecule has 0 saturated carbocycles. The number of ether oxygens (including phenoxy) is 4. The number of hydrogen-bond donors (Lipinski definition) is 1. The van der Waals surface area contributed by atoms with E-state index >= 15 is 0 Å². The van der Waals surface area contributed by atoms with Gasteiger partial charge in [0.15, 0.2) is 11.5 Å². The van der Waals surface area contributed by atoms with Crippen LogP contribution in [0.25, 0.3) is 11.4 Å². The second-order valence-electron chi connectivity index (χ2n) is 6.76. The van der Waals surface area contributed by atoms with E-state index in [4.69, 9.17) is 23.5 Å². The van der Waals surface area contributed by atoms with Crippen LogP contribution in [0.1, 0.15) is 24.8 Å². The normalized spacial score (nSPS) is 10.5. The van der Waals surface area contributed by atoms with E-state index in [0.717, 1.165) is 16.9 Å². The Balaban J connectivity index is 1.55. The van der Waals surface area contributed by atoms with Crippen molar-refractivity contribution in [3.63, 3.8) is 0 Å². The smallest absolute Gasteiger partial charge is 0.227 e. The van der Waals surface area contributed by atoms with Crippen molar-refractivity contribution in [3.05, 3.63) is 47.9 Å². The molecular weight excluding hydrogens is 414 g/mol. The van der Waals surface area contributed by atoms with Gasteiger partial charge >= 0.3 is 0 Å². The largest absolute Gasteiger partial charge is 0.496 e.